The van der Waals surface area contributed by atoms with Gasteiger partial charge in [0.15, 0.2) is 0 Å². The van der Waals surface area contributed by atoms with Gasteiger partial charge in [0.2, 0.25) is 11.1 Å². The number of hydrogen-bond acceptors (Lipinski definition) is 7. The van der Waals surface area contributed by atoms with E-state index >= 15 is 0 Å². The fraction of sp³-hybridized carbons (Fsp3) is 0.429. The summed E-state index contributed by atoms with van der Waals surface area (Å²) in [5.41, 5.74) is 0.718. The minimum Gasteiger partial charge on any atom is -0.508 e. The molecule has 1 aliphatic heterocycles. The molecule has 122 valence electrons. The first-order valence-corrected chi connectivity index (χ1v) is 8.30. The number of aromatic nitrogens is 4. The zero-order chi connectivity index (χ0) is 16.1. The quantitative estimate of drug-likeness (QED) is 0.751. The van der Waals surface area contributed by atoms with Gasteiger partial charge in [-0.25, -0.2) is 0 Å². The van der Waals surface area contributed by atoms with Gasteiger partial charge >= 0.3 is 0 Å². The summed E-state index contributed by atoms with van der Waals surface area (Å²) in [7, 11) is 0. The molecule has 2 aromatic rings. The van der Waals surface area contributed by atoms with Crippen LogP contribution < -0.4 is 5.32 Å². The third-order valence-corrected chi connectivity index (χ3v) is 4.34. The van der Waals surface area contributed by atoms with E-state index in [4.69, 9.17) is 4.74 Å². The van der Waals surface area contributed by atoms with Crippen LogP contribution in [0.15, 0.2) is 29.4 Å². The minimum atomic E-state index is -0.0780. The summed E-state index contributed by atoms with van der Waals surface area (Å²) in [5.74, 6) is 0.320. The molecular formula is C14H17N5O3S. The lowest BCUT2D eigenvalue weighted by molar-refractivity contribution is -0.119. The van der Waals surface area contributed by atoms with Crippen LogP contribution in [0.5, 0.6) is 5.75 Å². The molecule has 8 nitrogen and oxygen atoms in total. The van der Waals surface area contributed by atoms with Crippen LogP contribution in [0.3, 0.4) is 0 Å². The number of nitrogens with zero attached hydrogens (tertiary/aromatic N) is 4. The molecule has 1 atom stereocenters. The van der Waals surface area contributed by atoms with Crippen LogP contribution in [-0.4, -0.2) is 56.2 Å². The highest BCUT2D eigenvalue weighted by Crippen LogP contribution is 2.19. The summed E-state index contributed by atoms with van der Waals surface area (Å²) >= 11 is 1.25. The summed E-state index contributed by atoms with van der Waals surface area (Å²) < 4.78 is 6.99. The second-order valence-electron chi connectivity index (χ2n) is 5.12. The maximum atomic E-state index is 11.9. The molecule has 2 heterocycles. The molecule has 2 N–H and O–H groups in total. The predicted molar refractivity (Wildman–Crippen MR) is 83.5 cm³/mol. The lowest BCUT2D eigenvalue weighted by Gasteiger charge is -2.10. The van der Waals surface area contributed by atoms with Gasteiger partial charge in [-0.1, -0.05) is 11.8 Å². The van der Waals surface area contributed by atoms with Crippen LogP contribution in [0.4, 0.5) is 0 Å². The maximum Gasteiger partial charge on any atom is 0.230 e. The van der Waals surface area contributed by atoms with Crippen LogP contribution in [-0.2, 0) is 9.53 Å². The van der Waals surface area contributed by atoms with Crippen molar-refractivity contribution in [3.63, 3.8) is 0 Å². The number of amides is 1. The van der Waals surface area contributed by atoms with Crippen LogP contribution in [0, 0.1) is 0 Å². The van der Waals surface area contributed by atoms with Crippen LogP contribution in [0.2, 0.25) is 0 Å². The molecular weight excluding hydrogens is 318 g/mol. The van der Waals surface area contributed by atoms with Crippen molar-refractivity contribution in [2.75, 3.05) is 18.9 Å². The van der Waals surface area contributed by atoms with E-state index in [0.717, 1.165) is 25.1 Å². The monoisotopic (exact) mass is 335 g/mol. The Hall–Kier alpha value is -2.13. The van der Waals surface area contributed by atoms with Crippen molar-refractivity contribution in [2.45, 2.75) is 24.1 Å². The second-order valence-corrected chi connectivity index (χ2v) is 6.06. The summed E-state index contributed by atoms with van der Waals surface area (Å²) in [5, 5.41) is 24.2. The predicted octanol–water partition coefficient (Wildman–Crippen LogP) is 0.755. The highest BCUT2D eigenvalue weighted by Gasteiger charge is 2.17. The lowest BCUT2D eigenvalue weighted by atomic mass is 10.2. The molecule has 0 saturated carbocycles. The summed E-state index contributed by atoms with van der Waals surface area (Å²) in [6.07, 6.45) is 2.18. The first-order chi connectivity index (χ1) is 11.2. The number of phenolic OH excluding ortho intramolecular Hbond substituents is 1. The van der Waals surface area contributed by atoms with Crippen LogP contribution in [0.1, 0.15) is 12.8 Å². The first-order valence-electron chi connectivity index (χ1n) is 7.31. The van der Waals surface area contributed by atoms with Crippen LogP contribution >= 0.6 is 11.8 Å². The zero-order valence-corrected chi connectivity index (χ0v) is 13.2. The number of carbonyl (C=O) groups is 1. The number of rotatable bonds is 6. The van der Waals surface area contributed by atoms with Crippen molar-refractivity contribution in [3.8, 4) is 11.4 Å². The standard InChI is InChI=1S/C14H17N5O3S/c20-11-5-3-10(4-6-11)19-14(16-17-18-19)23-9-13(21)15-8-12-2-1-7-22-12/h3-6,12,20H,1-2,7-9H2,(H,15,21)/t12-/m0/s1. The van der Waals surface area contributed by atoms with E-state index in [-0.39, 0.29) is 23.5 Å². The largest absolute Gasteiger partial charge is 0.508 e. The van der Waals surface area contributed by atoms with Gasteiger partial charge in [-0.05, 0) is 47.5 Å². The van der Waals surface area contributed by atoms with Crippen LogP contribution in [0.25, 0.3) is 5.69 Å². The molecule has 0 radical (unpaired) electrons. The number of benzene rings is 1. The number of phenols is 1. The molecule has 1 amide bonds. The van der Waals surface area contributed by atoms with Crippen molar-refractivity contribution in [1.82, 2.24) is 25.5 Å². The molecule has 0 bridgehead atoms. The van der Waals surface area contributed by atoms with Gasteiger partial charge in [0.05, 0.1) is 17.5 Å². The average molecular weight is 335 g/mol. The van der Waals surface area contributed by atoms with E-state index in [2.05, 4.69) is 20.8 Å². The second kappa shape index (κ2) is 7.42. The smallest absolute Gasteiger partial charge is 0.230 e. The number of aromatic hydroxyl groups is 1. The molecule has 0 spiro atoms. The molecule has 1 aromatic heterocycles. The minimum absolute atomic E-state index is 0.0780. The van der Waals surface area contributed by atoms with Gasteiger partial charge in [0, 0.05) is 13.2 Å². The number of nitrogens with one attached hydrogen (secondary N) is 1. The number of thioether (sulfide) groups is 1. The van der Waals surface area contributed by atoms with E-state index in [1.165, 1.54) is 16.4 Å². The van der Waals surface area contributed by atoms with Crippen molar-refractivity contribution in [2.24, 2.45) is 0 Å². The number of carbonyl (C=O) groups excluding carboxylic acids is 1. The molecule has 0 unspecified atom stereocenters. The maximum absolute atomic E-state index is 11.9. The summed E-state index contributed by atoms with van der Waals surface area (Å²) in [6.45, 7) is 1.32. The molecule has 1 aromatic carbocycles. The summed E-state index contributed by atoms with van der Waals surface area (Å²) in [4.78, 5) is 11.9. The van der Waals surface area contributed by atoms with Gasteiger partial charge in [-0.2, -0.15) is 4.68 Å². The Kier molecular flexibility index (Phi) is 5.09. The fourth-order valence-corrected chi connectivity index (χ4v) is 2.96. The van der Waals surface area contributed by atoms with E-state index in [0.29, 0.717) is 11.7 Å². The third-order valence-electron chi connectivity index (χ3n) is 3.42. The third kappa shape index (κ3) is 4.20. The normalized spacial score (nSPS) is 17.3. The Balaban J connectivity index is 1.53. The highest BCUT2D eigenvalue weighted by atomic mass is 32.2. The van der Waals surface area contributed by atoms with Crippen molar-refractivity contribution in [1.29, 1.82) is 0 Å². The molecule has 0 aliphatic carbocycles. The molecule has 9 heteroatoms. The summed E-state index contributed by atoms with van der Waals surface area (Å²) in [6, 6.07) is 6.51. The molecule has 3 rings (SSSR count). The fourth-order valence-electron chi connectivity index (χ4n) is 2.24. The SMILES string of the molecule is O=C(CSc1nnnn1-c1ccc(O)cc1)NC[C@@H]1CCCO1. The highest BCUT2D eigenvalue weighted by molar-refractivity contribution is 7.99. The van der Waals surface area contributed by atoms with E-state index in [9.17, 15) is 9.90 Å². The molecule has 1 fully saturated rings. The van der Waals surface area contributed by atoms with E-state index < -0.39 is 0 Å². The zero-order valence-electron chi connectivity index (χ0n) is 12.4. The molecule has 23 heavy (non-hydrogen) atoms. The molecule has 1 saturated heterocycles. The lowest BCUT2D eigenvalue weighted by Crippen LogP contribution is -2.32. The van der Waals surface area contributed by atoms with E-state index in [1.807, 2.05) is 0 Å². The Bertz CT molecular complexity index is 655. The Morgan fingerprint density at radius 2 is 2.26 bits per heavy atom. The Morgan fingerprint density at radius 1 is 1.43 bits per heavy atom. The first kappa shape index (κ1) is 15.8. The van der Waals surface area contributed by atoms with Gasteiger partial charge in [-0.3, -0.25) is 4.79 Å². The van der Waals surface area contributed by atoms with Crippen molar-refractivity contribution < 1.29 is 14.6 Å². The average Bonchev–Trinajstić information content (AvgIpc) is 3.23. The molecule has 1 aliphatic rings. The van der Waals surface area contributed by atoms with Crippen molar-refractivity contribution in [3.05, 3.63) is 24.3 Å². The Morgan fingerprint density at radius 3 is 3.00 bits per heavy atom. The van der Waals surface area contributed by atoms with E-state index in [1.54, 1.807) is 24.3 Å². The van der Waals surface area contributed by atoms with Gasteiger partial charge in [-0.15, -0.1) is 5.10 Å². The van der Waals surface area contributed by atoms with Crippen molar-refractivity contribution >= 4 is 17.7 Å². The number of hydrogen-bond donors (Lipinski definition) is 2. The Labute approximate surface area is 137 Å². The number of ether oxygens (including phenoxy) is 1. The number of tetrazole rings is 1. The van der Waals surface area contributed by atoms with Gasteiger partial charge in [0.1, 0.15) is 5.75 Å². The van der Waals surface area contributed by atoms with Gasteiger partial charge < -0.3 is 15.2 Å². The van der Waals surface area contributed by atoms with Gasteiger partial charge in [0.25, 0.3) is 0 Å². The topological polar surface area (TPSA) is 102 Å².